The topological polar surface area (TPSA) is 43.1 Å². The Labute approximate surface area is 89.6 Å². The van der Waals surface area contributed by atoms with Crippen molar-refractivity contribution in [2.75, 3.05) is 0 Å². The maximum Gasteiger partial charge on any atom is 0.269 e. The van der Waals surface area contributed by atoms with Crippen LogP contribution in [0.2, 0.25) is 0 Å². The third-order valence-corrected chi connectivity index (χ3v) is 1.88. The summed E-state index contributed by atoms with van der Waals surface area (Å²) in [7, 11) is 0. The Morgan fingerprint density at radius 1 is 1.20 bits per heavy atom. The molecule has 3 nitrogen and oxygen atoms in total. The Morgan fingerprint density at radius 2 is 1.73 bits per heavy atom. The van der Waals surface area contributed by atoms with Gasteiger partial charge in [0, 0.05) is 12.1 Å². The van der Waals surface area contributed by atoms with Gasteiger partial charge in [-0.05, 0) is 23.1 Å². The van der Waals surface area contributed by atoms with Gasteiger partial charge >= 0.3 is 0 Å². The molecular weight excluding hydrogens is 190 g/mol. The van der Waals surface area contributed by atoms with E-state index in [2.05, 4.69) is 26.8 Å². The van der Waals surface area contributed by atoms with Crippen molar-refractivity contribution in [3.05, 3.63) is 46.0 Å². The summed E-state index contributed by atoms with van der Waals surface area (Å²) >= 11 is 0. The second kappa shape index (κ2) is 4.26. The summed E-state index contributed by atoms with van der Waals surface area (Å²) in [6.45, 7) is 6.32. The fourth-order valence-electron chi connectivity index (χ4n) is 1.05. The molecule has 1 aromatic rings. The van der Waals surface area contributed by atoms with E-state index in [4.69, 9.17) is 0 Å². The highest BCUT2D eigenvalue weighted by atomic mass is 16.6. The van der Waals surface area contributed by atoms with Crippen LogP contribution < -0.4 is 0 Å². The molecule has 0 saturated carbocycles. The van der Waals surface area contributed by atoms with Gasteiger partial charge in [-0.25, -0.2) is 0 Å². The van der Waals surface area contributed by atoms with Crippen LogP contribution in [0, 0.1) is 15.5 Å². The zero-order valence-electron chi connectivity index (χ0n) is 9.23. The van der Waals surface area contributed by atoms with E-state index in [1.807, 2.05) is 6.08 Å². The van der Waals surface area contributed by atoms with Crippen molar-refractivity contribution < 1.29 is 4.92 Å². The van der Waals surface area contributed by atoms with Gasteiger partial charge in [-0.15, -0.1) is 0 Å². The van der Waals surface area contributed by atoms with Gasteiger partial charge < -0.3 is 0 Å². The van der Waals surface area contributed by atoms with Gasteiger partial charge in [0.2, 0.25) is 0 Å². The highest BCUT2D eigenvalue weighted by molar-refractivity contribution is 5.52. The van der Waals surface area contributed by atoms with Gasteiger partial charge in [0.15, 0.2) is 0 Å². The van der Waals surface area contributed by atoms with Crippen LogP contribution in [0.5, 0.6) is 0 Å². The van der Waals surface area contributed by atoms with Crippen LogP contribution in [-0.2, 0) is 0 Å². The van der Waals surface area contributed by atoms with Gasteiger partial charge in [-0.3, -0.25) is 10.1 Å². The number of nitro groups is 1. The number of hydrogen-bond donors (Lipinski definition) is 0. The monoisotopic (exact) mass is 205 g/mol. The van der Waals surface area contributed by atoms with E-state index < -0.39 is 4.92 Å². The lowest BCUT2D eigenvalue weighted by atomic mass is 9.95. The van der Waals surface area contributed by atoms with E-state index in [0.29, 0.717) is 0 Å². The van der Waals surface area contributed by atoms with Crippen molar-refractivity contribution in [3.8, 4) is 0 Å². The number of non-ortho nitro benzene ring substituents is 1. The normalized spacial score (nSPS) is 11.9. The second-order valence-electron chi connectivity index (χ2n) is 4.55. The van der Waals surface area contributed by atoms with Crippen molar-refractivity contribution >= 4 is 11.8 Å². The van der Waals surface area contributed by atoms with E-state index in [1.54, 1.807) is 12.1 Å². The lowest BCUT2D eigenvalue weighted by Crippen LogP contribution is -1.97. The summed E-state index contributed by atoms with van der Waals surface area (Å²) in [6.07, 6.45) is 4.05. The molecule has 0 heterocycles. The van der Waals surface area contributed by atoms with E-state index in [9.17, 15) is 10.1 Å². The van der Waals surface area contributed by atoms with Crippen LogP contribution in [0.15, 0.2) is 30.3 Å². The lowest BCUT2D eigenvalue weighted by Gasteiger charge is -2.10. The Morgan fingerprint density at radius 3 is 2.13 bits per heavy atom. The van der Waals surface area contributed by atoms with Crippen LogP contribution in [-0.4, -0.2) is 4.92 Å². The molecule has 0 amide bonds. The van der Waals surface area contributed by atoms with Crippen LogP contribution in [0.3, 0.4) is 0 Å². The molecule has 0 N–H and O–H groups in total. The first kappa shape index (κ1) is 11.4. The number of benzene rings is 1. The zero-order chi connectivity index (χ0) is 11.5. The van der Waals surface area contributed by atoms with Crippen molar-refractivity contribution in [2.45, 2.75) is 20.8 Å². The summed E-state index contributed by atoms with van der Waals surface area (Å²) in [6, 6.07) is 6.53. The molecule has 1 rings (SSSR count). The van der Waals surface area contributed by atoms with Crippen LogP contribution in [0.25, 0.3) is 6.08 Å². The SMILES string of the molecule is CC(C)(C)/C=C/c1ccc([N+](=O)[O-])cc1. The smallest absolute Gasteiger partial charge is 0.258 e. The number of rotatable bonds is 2. The van der Waals surface area contributed by atoms with Gasteiger partial charge in [0.1, 0.15) is 0 Å². The highest BCUT2D eigenvalue weighted by Crippen LogP contribution is 2.18. The first-order valence-electron chi connectivity index (χ1n) is 4.82. The fourth-order valence-corrected chi connectivity index (χ4v) is 1.05. The Hall–Kier alpha value is -1.64. The standard InChI is InChI=1S/C12H15NO2/c1-12(2,3)9-8-10-4-6-11(7-5-10)13(14)15/h4-9H,1-3H3/b9-8+. The minimum atomic E-state index is -0.392. The van der Waals surface area contributed by atoms with E-state index in [-0.39, 0.29) is 11.1 Å². The minimum Gasteiger partial charge on any atom is -0.258 e. The molecule has 0 fully saturated rings. The molecule has 0 aliphatic carbocycles. The molecule has 1 aromatic carbocycles. The fraction of sp³-hybridized carbons (Fsp3) is 0.333. The molecule has 0 radical (unpaired) electrons. The Balaban J connectivity index is 2.82. The molecular formula is C12H15NO2. The first-order chi connectivity index (χ1) is 6.88. The maximum atomic E-state index is 10.4. The van der Waals surface area contributed by atoms with Crippen LogP contribution in [0.1, 0.15) is 26.3 Å². The van der Waals surface area contributed by atoms with E-state index in [0.717, 1.165) is 5.56 Å². The van der Waals surface area contributed by atoms with Crippen molar-refractivity contribution in [1.29, 1.82) is 0 Å². The highest BCUT2D eigenvalue weighted by Gasteiger charge is 2.05. The van der Waals surface area contributed by atoms with Gasteiger partial charge in [0.25, 0.3) is 5.69 Å². The molecule has 0 atom stereocenters. The number of nitro benzene ring substituents is 1. The molecule has 0 aromatic heterocycles. The Kier molecular flexibility index (Phi) is 3.24. The number of nitrogens with zero attached hydrogens (tertiary/aromatic N) is 1. The van der Waals surface area contributed by atoms with Gasteiger partial charge in [0.05, 0.1) is 4.92 Å². The third kappa shape index (κ3) is 3.94. The molecule has 0 unspecified atom stereocenters. The summed E-state index contributed by atoms with van der Waals surface area (Å²) in [5.74, 6) is 0. The first-order valence-corrected chi connectivity index (χ1v) is 4.82. The predicted molar refractivity (Wildman–Crippen MR) is 61.6 cm³/mol. The lowest BCUT2D eigenvalue weighted by molar-refractivity contribution is -0.384. The Bertz CT molecular complexity index is 372. The molecule has 3 heteroatoms. The van der Waals surface area contributed by atoms with Crippen LogP contribution >= 0.6 is 0 Å². The molecule has 0 aliphatic rings. The van der Waals surface area contributed by atoms with Gasteiger partial charge in [-0.2, -0.15) is 0 Å². The summed E-state index contributed by atoms with van der Waals surface area (Å²) in [5.41, 5.74) is 1.24. The maximum absolute atomic E-state index is 10.4. The molecule has 0 spiro atoms. The van der Waals surface area contributed by atoms with Crippen molar-refractivity contribution in [3.63, 3.8) is 0 Å². The van der Waals surface area contributed by atoms with Crippen LogP contribution in [0.4, 0.5) is 5.69 Å². The quantitative estimate of drug-likeness (QED) is 0.546. The minimum absolute atomic E-state index is 0.127. The molecule has 80 valence electrons. The van der Waals surface area contributed by atoms with E-state index >= 15 is 0 Å². The molecule has 15 heavy (non-hydrogen) atoms. The summed E-state index contributed by atoms with van der Waals surface area (Å²) in [4.78, 5) is 10.0. The second-order valence-corrected chi connectivity index (χ2v) is 4.55. The summed E-state index contributed by atoms with van der Waals surface area (Å²) in [5, 5.41) is 10.4. The zero-order valence-corrected chi connectivity index (χ0v) is 9.23. The predicted octanol–water partition coefficient (Wildman–Crippen LogP) is 3.65. The number of hydrogen-bond acceptors (Lipinski definition) is 2. The third-order valence-electron chi connectivity index (χ3n) is 1.88. The summed E-state index contributed by atoms with van der Waals surface area (Å²) < 4.78 is 0. The average Bonchev–Trinajstić information content (AvgIpc) is 2.14. The van der Waals surface area contributed by atoms with Crippen molar-refractivity contribution in [2.24, 2.45) is 5.41 Å². The van der Waals surface area contributed by atoms with E-state index in [1.165, 1.54) is 12.1 Å². The largest absolute Gasteiger partial charge is 0.269 e. The van der Waals surface area contributed by atoms with Crippen molar-refractivity contribution in [1.82, 2.24) is 0 Å². The molecule has 0 aliphatic heterocycles. The average molecular weight is 205 g/mol. The van der Waals surface area contributed by atoms with Gasteiger partial charge in [-0.1, -0.05) is 32.9 Å². The molecule has 0 bridgehead atoms. The number of allylic oxidation sites excluding steroid dienone is 1. The molecule has 0 saturated heterocycles.